The van der Waals surface area contributed by atoms with Crippen LogP contribution < -0.4 is 5.69 Å². The molecule has 0 saturated carbocycles. The molecule has 1 aromatic carbocycles. The summed E-state index contributed by atoms with van der Waals surface area (Å²) in [5, 5.41) is 11.1. The van der Waals surface area contributed by atoms with E-state index in [1.807, 2.05) is 49.1 Å². The van der Waals surface area contributed by atoms with Gasteiger partial charge in [0.05, 0.1) is 17.4 Å². The van der Waals surface area contributed by atoms with Gasteiger partial charge in [-0.1, -0.05) is 18.2 Å². The minimum Gasteiger partial charge on any atom is -0.338 e. The van der Waals surface area contributed by atoms with E-state index in [1.54, 1.807) is 21.6 Å². The lowest BCUT2D eigenvalue weighted by molar-refractivity contribution is 0.0703. The van der Waals surface area contributed by atoms with Crippen LogP contribution >= 0.6 is 0 Å². The van der Waals surface area contributed by atoms with Crippen LogP contribution in [0.2, 0.25) is 0 Å². The van der Waals surface area contributed by atoms with Crippen molar-refractivity contribution in [1.82, 2.24) is 29.4 Å². The number of nitrogens with one attached hydrogen (secondary N) is 1. The first-order valence-corrected chi connectivity index (χ1v) is 9.60. The van der Waals surface area contributed by atoms with Gasteiger partial charge in [0.1, 0.15) is 5.82 Å². The molecule has 146 valence electrons. The van der Waals surface area contributed by atoms with Crippen molar-refractivity contribution in [3.05, 3.63) is 64.6 Å². The summed E-state index contributed by atoms with van der Waals surface area (Å²) in [5.41, 5.74) is 1.11. The van der Waals surface area contributed by atoms with E-state index in [0.29, 0.717) is 24.5 Å². The van der Waals surface area contributed by atoms with Crippen molar-refractivity contribution in [2.45, 2.75) is 38.6 Å². The Bertz CT molecular complexity index is 1020. The van der Waals surface area contributed by atoms with Crippen LogP contribution in [0.1, 0.15) is 54.8 Å². The second-order valence-corrected chi connectivity index (χ2v) is 7.45. The van der Waals surface area contributed by atoms with Crippen molar-refractivity contribution in [2.75, 3.05) is 13.1 Å². The smallest absolute Gasteiger partial charge is 0.338 e. The molecule has 28 heavy (non-hydrogen) atoms. The average molecular weight is 380 g/mol. The Hall–Kier alpha value is -3.16. The number of likely N-dealkylation sites (tertiary alicyclic amines) is 1. The average Bonchev–Trinajstić information content (AvgIpc) is 3.35. The molecule has 8 nitrogen and oxygen atoms in total. The number of benzene rings is 1. The van der Waals surface area contributed by atoms with Gasteiger partial charge in [0.25, 0.3) is 5.91 Å². The Labute approximate surface area is 162 Å². The summed E-state index contributed by atoms with van der Waals surface area (Å²) < 4.78 is 3.39. The molecule has 1 saturated heterocycles. The summed E-state index contributed by atoms with van der Waals surface area (Å²) in [6.45, 7) is 5.28. The number of para-hydroxylation sites is 1. The van der Waals surface area contributed by atoms with Crippen molar-refractivity contribution < 1.29 is 4.79 Å². The van der Waals surface area contributed by atoms with Crippen molar-refractivity contribution in [3.63, 3.8) is 0 Å². The van der Waals surface area contributed by atoms with E-state index >= 15 is 0 Å². The third-order valence-corrected chi connectivity index (χ3v) is 5.16. The molecule has 4 rings (SSSR count). The number of H-pyrrole nitrogens is 1. The molecule has 2 aromatic heterocycles. The van der Waals surface area contributed by atoms with Gasteiger partial charge in [-0.3, -0.25) is 9.48 Å². The van der Waals surface area contributed by atoms with Crippen LogP contribution in [0.15, 0.2) is 47.5 Å². The molecule has 1 aliphatic heterocycles. The highest BCUT2D eigenvalue weighted by atomic mass is 16.2. The minimum atomic E-state index is -0.261. The molecule has 3 heterocycles. The summed E-state index contributed by atoms with van der Waals surface area (Å²) >= 11 is 0. The van der Waals surface area contributed by atoms with E-state index in [-0.39, 0.29) is 23.6 Å². The van der Waals surface area contributed by atoms with Gasteiger partial charge >= 0.3 is 5.69 Å². The summed E-state index contributed by atoms with van der Waals surface area (Å²) in [4.78, 5) is 27.1. The molecular formula is C20H24N6O2. The third-order valence-electron chi connectivity index (χ3n) is 5.16. The van der Waals surface area contributed by atoms with Crippen LogP contribution in [-0.2, 0) is 0 Å². The Balaban J connectivity index is 1.58. The predicted octanol–water partition coefficient (Wildman–Crippen LogP) is 2.36. The fourth-order valence-corrected chi connectivity index (χ4v) is 3.70. The first-order valence-electron chi connectivity index (χ1n) is 9.60. The SMILES string of the molecule is CC(C)n1cc(C(=O)N2CCC[C@@H](c3n[nH]c(=O)n3-c3ccccc3)C2)cn1. The zero-order valence-corrected chi connectivity index (χ0v) is 16.1. The van der Waals surface area contributed by atoms with Crippen LogP contribution in [0.3, 0.4) is 0 Å². The molecule has 1 N–H and O–H groups in total. The Kier molecular flexibility index (Phi) is 4.85. The zero-order valence-electron chi connectivity index (χ0n) is 16.1. The Morgan fingerprint density at radius 2 is 2.04 bits per heavy atom. The van der Waals surface area contributed by atoms with E-state index in [0.717, 1.165) is 18.5 Å². The zero-order chi connectivity index (χ0) is 19.7. The standard InChI is InChI=1S/C20H24N6O2/c1-14(2)25-13-16(11-21-25)19(27)24-10-6-7-15(12-24)18-22-23-20(28)26(18)17-8-4-3-5-9-17/h3-5,8-9,11,13-15H,6-7,10,12H2,1-2H3,(H,23,28)/t15-/m1/s1. The first-order chi connectivity index (χ1) is 13.5. The number of rotatable bonds is 4. The number of piperidine rings is 1. The molecule has 0 spiro atoms. The molecule has 0 unspecified atom stereocenters. The minimum absolute atomic E-state index is 0.00278. The fraction of sp³-hybridized carbons (Fsp3) is 0.400. The number of amides is 1. The quantitative estimate of drug-likeness (QED) is 0.752. The number of aromatic amines is 1. The van der Waals surface area contributed by atoms with Gasteiger partial charge in [-0.05, 0) is 38.8 Å². The highest BCUT2D eigenvalue weighted by molar-refractivity contribution is 5.93. The van der Waals surface area contributed by atoms with E-state index in [9.17, 15) is 9.59 Å². The number of aromatic nitrogens is 5. The lowest BCUT2D eigenvalue weighted by Crippen LogP contribution is -2.40. The molecule has 0 bridgehead atoms. The maximum absolute atomic E-state index is 12.9. The van der Waals surface area contributed by atoms with Gasteiger partial charge in [-0.15, -0.1) is 0 Å². The number of hydrogen-bond donors (Lipinski definition) is 1. The van der Waals surface area contributed by atoms with E-state index in [1.165, 1.54) is 0 Å². The monoisotopic (exact) mass is 380 g/mol. The van der Waals surface area contributed by atoms with Crippen molar-refractivity contribution >= 4 is 5.91 Å². The number of carbonyl (C=O) groups is 1. The van der Waals surface area contributed by atoms with Crippen LogP contribution in [-0.4, -0.2) is 48.4 Å². The second-order valence-electron chi connectivity index (χ2n) is 7.45. The van der Waals surface area contributed by atoms with Crippen molar-refractivity contribution in [3.8, 4) is 5.69 Å². The highest BCUT2D eigenvalue weighted by Crippen LogP contribution is 2.27. The second kappa shape index (κ2) is 7.46. The van der Waals surface area contributed by atoms with Crippen molar-refractivity contribution in [1.29, 1.82) is 0 Å². The topological polar surface area (TPSA) is 88.8 Å². The predicted molar refractivity (Wildman–Crippen MR) is 105 cm³/mol. The van der Waals surface area contributed by atoms with Gasteiger partial charge < -0.3 is 4.90 Å². The molecule has 1 amide bonds. The normalized spacial score (nSPS) is 17.2. The highest BCUT2D eigenvalue weighted by Gasteiger charge is 2.30. The summed E-state index contributed by atoms with van der Waals surface area (Å²) in [6, 6.07) is 9.66. The lowest BCUT2D eigenvalue weighted by atomic mass is 9.96. The van der Waals surface area contributed by atoms with E-state index < -0.39 is 0 Å². The fourth-order valence-electron chi connectivity index (χ4n) is 3.70. The van der Waals surface area contributed by atoms with E-state index in [2.05, 4.69) is 15.3 Å². The molecular weight excluding hydrogens is 356 g/mol. The van der Waals surface area contributed by atoms with Gasteiger partial charge in [0.2, 0.25) is 0 Å². The maximum atomic E-state index is 12.9. The molecule has 1 aliphatic rings. The van der Waals surface area contributed by atoms with Gasteiger partial charge in [0, 0.05) is 31.2 Å². The van der Waals surface area contributed by atoms with Gasteiger partial charge in [-0.25, -0.2) is 14.5 Å². The van der Waals surface area contributed by atoms with Crippen LogP contribution in [0, 0.1) is 0 Å². The van der Waals surface area contributed by atoms with Crippen LogP contribution in [0.25, 0.3) is 5.69 Å². The van der Waals surface area contributed by atoms with Crippen LogP contribution in [0.5, 0.6) is 0 Å². The largest absolute Gasteiger partial charge is 0.347 e. The number of nitrogens with zero attached hydrogens (tertiary/aromatic N) is 5. The molecule has 0 radical (unpaired) electrons. The summed E-state index contributed by atoms with van der Waals surface area (Å²) in [6.07, 6.45) is 5.17. The molecule has 0 aliphatic carbocycles. The van der Waals surface area contributed by atoms with E-state index in [4.69, 9.17) is 0 Å². The maximum Gasteiger partial charge on any atom is 0.347 e. The van der Waals surface area contributed by atoms with Gasteiger partial charge in [0.15, 0.2) is 0 Å². The Morgan fingerprint density at radius 3 is 2.75 bits per heavy atom. The Morgan fingerprint density at radius 1 is 1.25 bits per heavy atom. The number of hydrogen-bond acceptors (Lipinski definition) is 4. The molecule has 1 fully saturated rings. The third kappa shape index (κ3) is 3.37. The van der Waals surface area contributed by atoms with Gasteiger partial charge in [-0.2, -0.15) is 10.2 Å². The molecule has 8 heteroatoms. The lowest BCUT2D eigenvalue weighted by Gasteiger charge is -2.32. The number of carbonyl (C=O) groups excluding carboxylic acids is 1. The first kappa shape index (κ1) is 18.2. The van der Waals surface area contributed by atoms with Crippen molar-refractivity contribution in [2.24, 2.45) is 0 Å². The summed E-state index contributed by atoms with van der Waals surface area (Å²) in [7, 11) is 0. The molecule has 3 aromatic rings. The molecule has 1 atom stereocenters. The van der Waals surface area contributed by atoms with Crippen LogP contribution in [0.4, 0.5) is 0 Å². The summed E-state index contributed by atoms with van der Waals surface area (Å²) in [5.74, 6) is 0.643.